The van der Waals surface area contributed by atoms with Crippen LogP contribution in [-0.4, -0.2) is 66.0 Å². The highest BCUT2D eigenvalue weighted by molar-refractivity contribution is 7.30. The van der Waals surface area contributed by atoms with Crippen LogP contribution in [0.1, 0.15) is 47.7 Å². The van der Waals surface area contributed by atoms with Gasteiger partial charge in [-0.1, -0.05) is 36.4 Å². The van der Waals surface area contributed by atoms with Gasteiger partial charge < -0.3 is 24.0 Å². The van der Waals surface area contributed by atoms with Crippen LogP contribution in [0.15, 0.2) is 82.5 Å². The Bertz CT molecular complexity index is 1450. The summed E-state index contributed by atoms with van der Waals surface area (Å²) in [6, 6.07) is 16.9. The zero-order valence-corrected chi connectivity index (χ0v) is 24.9. The number of quaternary nitrogens is 1. The molecule has 1 aliphatic rings. The van der Waals surface area contributed by atoms with Gasteiger partial charge in [-0.25, -0.2) is 14.4 Å². The Morgan fingerprint density at radius 2 is 1.40 bits per heavy atom. The molecule has 4 rings (SSSR count). The van der Waals surface area contributed by atoms with E-state index < -0.39 is 62.6 Å². The van der Waals surface area contributed by atoms with Gasteiger partial charge in [-0.2, -0.15) is 0 Å². The van der Waals surface area contributed by atoms with Crippen molar-refractivity contribution in [3.8, 4) is 0 Å². The molecular formula is C29H35N3O10P+. The molecule has 2 aromatic carbocycles. The molecule has 1 aliphatic heterocycles. The number of hydrogen-bond donors (Lipinski definition) is 2. The van der Waals surface area contributed by atoms with E-state index >= 15 is 0 Å². The van der Waals surface area contributed by atoms with Gasteiger partial charge in [0.15, 0.2) is 18.4 Å². The Morgan fingerprint density at radius 1 is 0.884 bits per heavy atom. The standard InChI is InChI=1S/C23H19N2O10P.C6H15N/c26-17-11-12-25(23(29)24-17)20-19(35-22(28)15-9-5-2-6-10-15)18(16(33-20)13-32-36(30)31)34-21(27)14-7-3-1-4-8-14;1-4-7(5-2)6-3/h1-12,16,18-20H,13H2,(H,24,26,29);4-6H2,1-3H3/p+1/t16-,18-,19-,20-;/m1./s1. The molecule has 0 bridgehead atoms. The highest BCUT2D eigenvalue weighted by Gasteiger charge is 2.51. The van der Waals surface area contributed by atoms with Crippen LogP contribution < -0.4 is 21.0 Å². The largest absolute Gasteiger partial charge is 0.566 e. The van der Waals surface area contributed by atoms with E-state index in [4.69, 9.17) is 14.2 Å². The zero-order valence-electron chi connectivity index (χ0n) is 24.0. The molecular weight excluding hydrogens is 581 g/mol. The summed E-state index contributed by atoms with van der Waals surface area (Å²) in [5.41, 5.74) is -1.23. The van der Waals surface area contributed by atoms with Crippen LogP contribution in [-0.2, 0) is 23.3 Å². The average Bonchev–Trinajstić information content (AvgIpc) is 3.34. The van der Waals surface area contributed by atoms with Crippen molar-refractivity contribution in [3.63, 3.8) is 0 Å². The Balaban J connectivity index is 0.000000646. The normalized spacial score (nSPS) is 19.7. The molecule has 3 aromatic rings. The lowest BCUT2D eigenvalue weighted by atomic mass is 10.1. The van der Waals surface area contributed by atoms with E-state index in [9.17, 15) is 28.6 Å². The first kappa shape index (κ1) is 33.5. The zero-order chi connectivity index (χ0) is 31.4. The number of carbonyl (C=O) groups excluding carboxylic acids is 2. The average molecular weight is 617 g/mol. The Kier molecular flexibility index (Phi) is 12.9. The van der Waals surface area contributed by atoms with Crippen molar-refractivity contribution in [2.24, 2.45) is 0 Å². The number of rotatable bonds is 11. The summed E-state index contributed by atoms with van der Waals surface area (Å²) in [7, 11) is -3.29. The number of nitrogens with zero attached hydrogens (tertiary/aromatic N) is 1. The van der Waals surface area contributed by atoms with Crippen LogP contribution in [0.5, 0.6) is 0 Å². The van der Waals surface area contributed by atoms with Gasteiger partial charge in [0, 0.05) is 12.3 Å². The molecule has 0 aliphatic carbocycles. The fourth-order valence-corrected chi connectivity index (χ4v) is 4.65. The second-order valence-corrected chi connectivity index (χ2v) is 10.1. The van der Waals surface area contributed by atoms with Crippen LogP contribution in [0.3, 0.4) is 0 Å². The molecule has 2 N–H and O–H groups in total. The van der Waals surface area contributed by atoms with Crippen LogP contribution >= 0.6 is 8.25 Å². The lowest BCUT2D eigenvalue weighted by molar-refractivity contribution is -0.894. The number of benzene rings is 2. The summed E-state index contributed by atoms with van der Waals surface area (Å²) in [4.78, 5) is 64.6. The van der Waals surface area contributed by atoms with Gasteiger partial charge in [0.05, 0.1) is 30.8 Å². The molecule has 230 valence electrons. The monoisotopic (exact) mass is 616 g/mol. The third-order valence-corrected chi connectivity index (χ3v) is 7.12. The number of aromatic nitrogens is 2. The predicted octanol–water partition coefficient (Wildman–Crippen LogP) is 0.851. The first-order valence-electron chi connectivity index (χ1n) is 13.8. The van der Waals surface area contributed by atoms with Gasteiger partial charge >= 0.3 is 25.9 Å². The highest BCUT2D eigenvalue weighted by Crippen LogP contribution is 2.35. The smallest absolute Gasteiger partial charge is 0.488 e. The van der Waals surface area contributed by atoms with Crippen molar-refractivity contribution in [1.82, 2.24) is 9.55 Å². The van der Waals surface area contributed by atoms with Crippen molar-refractivity contribution < 1.29 is 42.7 Å². The second kappa shape index (κ2) is 16.6. The number of aromatic amines is 1. The fraction of sp³-hybridized carbons (Fsp3) is 0.379. The molecule has 13 nitrogen and oxygen atoms in total. The summed E-state index contributed by atoms with van der Waals surface area (Å²) in [5.74, 6) is -1.63. The van der Waals surface area contributed by atoms with Gasteiger partial charge in [-0.15, -0.1) is 4.52 Å². The van der Waals surface area contributed by atoms with E-state index in [2.05, 4.69) is 30.3 Å². The molecule has 0 amide bonds. The third-order valence-electron chi connectivity index (χ3n) is 6.76. The molecule has 1 saturated heterocycles. The molecule has 1 unspecified atom stereocenters. The Morgan fingerprint density at radius 3 is 1.84 bits per heavy atom. The van der Waals surface area contributed by atoms with E-state index in [1.807, 2.05) is 0 Å². The maximum absolute atomic E-state index is 12.9. The number of H-pyrrole nitrogens is 1. The number of hydrogen-bond acceptors (Lipinski definition) is 10. The molecule has 5 atom stereocenters. The first-order chi connectivity index (χ1) is 20.7. The van der Waals surface area contributed by atoms with Crippen molar-refractivity contribution in [2.45, 2.75) is 45.3 Å². The molecule has 2 heterocycles. The highest BCUT2D eigenvalue weighted by atomic mass is 31.1. The Labute approximate surface area is 248 Å². The van der Waals surface area contributed by atoms with Gasteiger partial charge in [0.1, 0.15) is 12.7 Å². The van der Waals surface area contributed by atoms with Gasteiger partial charge in [-0.05, 0) is 49.6 Å². The molecule has 0 spiro atoms. The number of esters is 2. The van der Waals surface area contributed by atoms with Crippen molar-refractivity contribution in [2.75, 3.05) is 26.2 Å². The van der Waals surface area contributed by atoms with E-state index in [1.54, 1.807) is 41.3 Å². The minimum atomic E-state index is -3.29. The number of ether oxygens (including phenoxy) is 3. The van der Waals surface area contributed by atoms with Gasteiger partial charge in [-0.3, -0.25) is 14.3 Å². The topological polar surface area (TPSA) is 170 Å². The second-order valence-electron chi connectivity index (χ2n) is 9.38. The Hall–Kier alpha value is -4.00. The van der Waals surface area contributed by atoms with Crippen LogP contribution in [0.25, 0.3) is 0 Å². The predicted molar refractivity (Wildman–Crippen MR) is 153 cm³/mol. The first-order valence-corrected chi connectivity index (χ1v) is 14.9. The maximum atomic E-state index is 12.9. The van der Waals surface area contributed by atoms with Crippen LogP contribution in [0, 0.1) is 0 Å². The minimum absolute atomic E-state index is 0.167. The lowest BCUT2D eigenvalue weighted by Gasteiger charge is -2.24. The maximum Gasteiger partial charge on any atom is 0.488 e. The van der Waals surface area contributed by atoms with E-state index in [0.29, 0.717) is 0 Å². The molecule has 0 radical (unpaired) electrons. The fourth-order valence-electron chi connectivity index (χ4n) is 4.38. The third kappa shape index (κ3) is 9.50. The molecule has 14 heteroatoms. The van der Waals surface area contributed by atoms with Gasteiger partial charge in [0.25, 0.3) is 5.56 Å². The summed E-state index contributed by atoms with van der Waals surface area (Å²) in [6.07, 6.45) is -4.35. The summed E-state index contributed by atoms with van der Waals surface area (Å²) in [6.45, 7) is 9.89. The number of nitrogens with one attached hydrogen (secondary N) is 2. The van der Waals surface area contributed by atoms with E-state index in [0.717, 1.165) is 16.8 Å². The SMILES string of the molecule is CC[NH+](CC)CC.O=C(O[C@@H]1[C@H](OC(=O)c2ccccc2)[C@@H](CO[P+](=O)[O-])O[C@H]1n1ccc(=O)[nH]c1=O)c1ccccc1. The quantitative estimate of drug-likeness (QED) is 0.233. The van der Waals surface area contributed by atoms with E-state index in [-0.39, 0.29) is 11.1 Å². The summed E-state index contributed by atoms with van der Waals surface area (Å²) < 4.78 is 33.7. The lowest BCUT2D eigenvalue weighted by Crippen LogP contribution is -3.11. The van der Waals surface area contributed by atoms with Gasteiger partial charge in [0.2, 0.25) is 0 Å². The van der Waals surface area contributed by atoms with Crippen molar-refractivity contribution in [1.29, 1.82) is 0 Å². The van der Waals surface area contributed by atoms with Crippen LogP contribution in [0.4, 0.5) is 0 Å². The molecule has 0 saturated carbocycles. The number of carbonyl (C=O) groups is 2. The minimum Gasteiger partial charge on any atom is -0.566 e. The van der Waals surface area contributed by atoms with E-state index in [1.165, 1.54) is 43.9 Å². The van der Waals surface area contributed by atoms with Crippen LogP contribution in [0.2, 0.25) is 0 Å². The molecule has 43 heavy (non-hydrogen) atoms. The van der Waals surface area contributed by atoms with Crippen molar-refractivity contribution in [3.05, 3.63) is 105 Å². The molecule has 1 aromatic heterocycles. The van der Waals surface area contributed by atoms with Crippen molar-refractivity contribution >= 4 is 20.2 Å². The summed E-state index contributed by atoms with van der Waals surface area (Å²) in [5, 5.41) is 0. The summed E-state index contributed by atoms with van der Waals surface area (Å²) >= 11 is 0. The molecule has 1 fully saturated rings.